The minimum absolute atomic E-state index is 0.0580. The van der Waals surface area contributed by atoms with Gasteiger partial charge in [0.25, 0.3) is 10.2 Å². The zero-order valence-electron chi connectivity index (χ0n) is 13.5. The van der Waals surface area contributed by atoms with Crippen LogP contribution in [0, 0.1) is 10.1 Å². The largest absolute Gasteiger partial charge is 0.435 e. The van der Waals surface area contributed by atoms with Crippen LogP contribution in [0.5, 0.6) is 0 Å². The number of nitrogens with zero attached hydrogens (tertiary/aromatic N) is 4. The van der Waals surface area contributed by atoms with Crippen LogP contribution < -0.4 is 20.8 Å². The molecule has 1 aliphatic rings. The van der Waals surface area contributed by atoms with Crippen molar-refractivity contribution >= 4 is 16.2 Å². The number of nitro groups is 1. The molecule has 6 N–H and O–H groups in total. The molecule has 0 aromatic carbocycles. The predicted octanol–water partition coefficient (Wildman–Crippen LogP) is -2.38. The van der Waals surface area contributed by atoms with Crippen molar-refractivity contribution < 1.29 is 22.8 Å². The first kappa shape index (κ1) is 20.0. The molecule has 1 unspecified atom stereocenters. The van der Waals surface area contributed by atoms with E-state index in [-0.39, 0.29) is 19.5 Å². The van der Waals surface area contributed by atoms with Gasteiger partial charge in [-0.15, -0.1) is 5.53 Å². The fourth-order valence-corrected chi connectivity index (χ4v) is 2.76. The molecule has 0 fully saturated rings. The van der Waals surface area contributed by atoms with Gasteiger partial charge in [0.2, 0.25) is 0 Å². The summed E-state index contributed by atoms with van der Waals surface area (Å²) in [6.45, 7) is -1.46. The minimum Gasteiger partial charge on any atom is -0.394 e. The summed E-state index contributed by atoms with van der Waals surface area (Å²) in [5, 5.41) is 26.6. The Morgan fingerprint density at radius 1 is 1.54 bits per heavy atom. The van der Waals surface area contributed by atoms with Gasteiger partial charge in [0.15, 0.2) is 0 Å². The molecule has 0 radical (unpaired) electrons. The lowest BCUT2D eigenvalue weighted by Crippen LogP contribution is -2.48. The maximum atomic E-state index is 13.0. The summed E-state index contributed by atoms with van der Waals surface area (Å²) in [5.74, 6) is -0.454. The van der Waals surface area contributed by atoms with Crippen molar-refractivity contribution in [2.75, 3.05) is 19.8 Å². The smallest absolute Gasteiger partial charge is 0.394 e. The number of hydrogen-bond acceptors (Lipinski definition) is 9. The summed E-state index contributed by atoms with van der Waals surface area (Å²) in [6, 6.07) is -0.883. The molecule has 0 aliphatic carbocycles. The number of rotatable bonds is 10. The fraction of sp³-hybridized carbons (Fsp3) is 0.545. The zero-order valence-corrected chi connectivity index (χ0v) is 14.3. The van der Waals surface area contributed by atoms with E-state index >= 15 is 0 Å². The summed E-state index contributed by atoms with van der Waals surface area (Å²) in [5.41, 5.74) is 6.07. The molecule has 2 rings (SSSR count). The summed E-state index contributed by atoms with van der Waals surface area (Å²) in [4.78, 5) is 14.2. The maximum Gasteiger partial charge on any atom is 0.435 e. The van der Waals surface area contributed by atoms with Crippen LogP contribution in [-0.4, -0.2) is 58.9 Å². The highest BCUT2D eigenvalue weighted by atomic mass is 32.2. The molecule has 2 heterocycles. The van der Waals surface area contributed by atoms with Crippen molar-refractivity contribution in [1.82, 2.24) is 30.2 Å². The first-order chi connectivity index (χ1) is 12.3. The average molecular weight is 394 g/mol. The third kappa shape index (κ3) is 4.85. The number of allylic oxidation sites excluding steroid dienone is 1. The number of aliphatic hydroxyl groups excluding tert-OH is 1. The van der Waals surface area contributed by atoms with Crippen molar-refractivity contribution in [3.8, 4) is 0 Å². The van der Waals surface area contributed by atoms with Gasteiger partial charge in [0.1, 0.15) is 25.1 Å². The van der Waals surface area contributed by atoms with E-state index in [2.05, 4.69) is 20.7 Å². The normalized spacial score (nSPS) is 15.7. The van der Waals surface area contributed by atoms with E-state index in [1.807, 2.05) is 0 Å². The number of nitrogens with one attached hydrogen (secondary N) is 3. The van der Waals surface area contributed by atoms with E-state index in [9.17, 15) is 28.0 Å². The number of nitrogens with two attached hydrogens (primary N) is 1. The standard InChI is InChI=1S/C11H19FN8O5S/c12-3-9(7-21)19-10(5-15-17-19)6-18-8(1-2-16-26(13,24)25)4-14-11(18)20(22)23/h4-5,9,15-17,21H,1-3,6-7H2,(H2,13,24,25). The first-order valence-corrected chi connectivity index (χ1v) is 8.94. The molecular weight excluding hydrogens is 375 g/mol. The van der Waals surface area contributed by atoms with E-state index in [0.717, 1.165) is 0 Å². The minimum atomic E-state index is -3.89. The number of alkyl halides is 1. The SMILES string of the molecule is NS(=O)(=O)NCCc1cnc([N+](=O)[O-])n1CC1=CNNN1C(CO)CF. The third-order valence-corrected chi connectivity index (χ3v) is 4.18. The van der Waals surface area contributed by atoms with Crippen molar-refractivity contribution in [2.24, 2.45) is 5.14 Å². The average Bonchev–Trinajstić information content (AvgIpc) is 3.16. The predicted molar refractivity (Wildman–Crippen MR) is 86.7 cm³/mol. The van der Waals surface area contributed by atoms with Gasteiger partial charge in [0.05, 0.1) is 18.3 Å². The number of halogens is 1. The molecule has 26 heavy (non-hydrogen) atoms. The quantitative estimate of drug-likeness (QED) is 0.214. The number of aliphatic hydroxyl groups is 1. The molecule has 0 bridgehead atoms. The van der Waals surface area contributed by atoms with E-state index in [0.29, 0.717) is 11.4 Å². The van der Waals surface area contributed by atoms with Crippen LogP contribution in [0.4, 0.5) is 10.3 Å². The van der Waals surface area contributed by atoms with E-state index in [1.54, 1.807) is 0 Å². The van der Waals surface area contributed by atoms with Crippen LogP contribution in [0.1, 0.15) is 5.69 Å². The Morgan fingerprint density at radius 3 is 2.85 bits per heavy atom. The van der Waals surface area contributed by atoms with Gasteiger partial charge in [-0.1, -0.05) is 4.98 Å². The molecule has 0 spiro atoms. The molecule has 0 saturated carbocycles. The Morgan fingerprint density at radius 2 is 2.27 bits per heavy atom. The van der Waals surface area contributed by atoms with Crippen molar-refractivity contribution in [1.29, 1.82) is 0 Å². The van der Waals surface area contributed by atoms with Gasteiger partial charge < -0.3 is 20.6 Å². The monoisotopic (exact) mass is 394 g/mol. The first-order valence-electron chi connectivity index (χ1n) is 7.39. The fourth-order valence-electron chi connectivity index (χ4n) is 2.37. The molecule has 1 aromatic heterocycles. The lowest BCUT2D eigenvalue weighted by atomic mass is 10.3. The van der Waals surface area contributed by atoms with E-state index in [1.165, 1.54) is 22.0 Å². The van der Waals surface area contributed by atoms with Gasteiger partial charge in [-0.25, -0.2) is 18.8 Å². The lowest BCUT2D eigenvalue weighted by molar-refractivity contribution is -0.396. The molecule has 1 aliphatic heterocycles. The van der Waals surface area contributed by atoms with Gasteiger partial charge in [-0.2, -0.15) is 8.42 Å². The van der Waals surface area contributed by atoms with Gasteiger partial charge in [0, 0.05) is 19.2 Å². The number of hydrazine groups is 2. The number of hydrogen-bond donors (Lipinski definition) is 5. The highest BCUT2D eigenvalue weighted by Crippen LogP contribution is 2.19. The van der Waals surface area contributed by atoms with Crippen molar-refractivity contribution in [3.05, 3.63) is 33.9 Å². The maximum absolute atomic E-state index is 13.0. The molecule has 0 amide bonds. The Kier molecular flexibility index (Phi) is 6.43. The summed E-state index contributed by atoms with van der Waals surface area (Å²) in [6.07, 6.45) is 2.81. The molecule has 0 saturated heterocycles. The second kappa shape index (κ2) is 8.37. The second-order valence-electron chi connectivity index (χ2n) is 5.33. The topological polar surface area (TPSA) is 181 Å². The number of imidazole rings is 1. The van der Waals surface area contributed by atoms with Crippen LogP contribution in [0.25, 0.3) is 0 Å². The summed E-state index contributed by atoms with van der Waals surface area (Å²) >= 11 is 0. The van der Waals surface area contributed by atoms with E-state index in [4.69, 9.17) is 5.14 Å². The van der Waals surface area contributed by atoms with Crippen molar-refractivity contribution in [3.63, 3.8) is 0 Å². The van der Waals surface area contributed by atoms with E-state index < -0.39 is 40.4 Å². The van der Waals surface area contributed by atoms with Crippen LogP contribution in [0.2, 0.25) is 0 Å². The van der Waals surface area contributed by atoms with Crippen LogP contribution >= 0.6 is 0 Å². The third-order valence-electron chi connectivity index (χ3n) is 3.57. The lowest BCUT2D eigenvalue weighted by Gasteiger charge is -2.27. The molecule has 15 heteroatoms. The second-order valence-corrected chi connectivity index (χ2v) is 6.71. The summed E-state index contributed by atoms with van der Waals surface area (Å²) in [7, 11) is -3.89. The zero-order chi connectivity index (χ0) is 19.3. The Hall–Kier alpha value is -2.33. The van der Waals surface area contributed by atoms with Crippen LogP contribution in [-0.2, 0) is 23.2 Å². The highest BCUT2D eigenvalue weighted by Gasteiger charge is 2.28. The van der Waals surface area contributed by atoms with Gasteiger partial charge in [-0.3, -0.25) is 5.01 Å². The van der Waals surface area contributed by atoms with Crippen molar-refractivity contribution in [2.45, 2.75) is 19.0 Å². The Labute approximate surface area is 147 Å². The molecule has 1 atom stereocenters. The highest BCUT2D eigenvalue weighted by molar-refractivity contribution is 7.87. The van der Waals surface area contributed by atoms with Gasteiger partial charge >= 0.3 is 5.95 Å². The van der Waals surface area contributed by atoms with Crippen LogP contribution in [0.15, 0.2) is 18.1 Å². The molecule has 146 valence electrons. The van der Waals surface area contributed by atoms with Crippen LogP contribution in [0.3, 0.4) is 0 Å². The Bertz CT molecular complexity index is 778. The van der Waals surface area contributed by atoms with Gasteiger partial charge in [-0.05, 0) is 4.92 Å². The molecular formula is C11H19FN8O5S. The molecule has 1 aromatic rings. The Balaban J connectivity index is 2.21. The number of aromatic nitrogens is 2. The molecule has 13 nitrogen and oxygen atoms in total. The summed E-state index contributed by atoms with van der Waals surface area (Å²) < 4.78 is 38.2.